The standard InChI is InChI=1S/C32H35N3O5/c1-5-40-28(36)16-11-22-7-6-8-23(19-22)30(33-25-13-9-21(10-14-25)17-18-35(2)3)29-26-15-12-24(32(38)39-4)20-27(26)34-31(29)37/h6-10,12-15,19-20,33H,5,11,16-18H2,1-4H3,(H,34,37)/b30-29-. The Morgan fingerprint density at radius 1 is 0.925 bits per heavy atom. The number of aryl methyl sites for hydroxylation is 1. The molecule has 0 radical (unpaired) electrons. The van der Waals surface area contributed by atoms with Crippen LogP contribution in [-0.4, -0.2) is 57.1 Å². The number of esters is 2. The zero-order valence-corrected chi connectivity index (χ0v) is 23.4. The van der Waals surface area contributed by atoms with Crippen molar-refractivity contribution in [1.29, 1.82) is 0 Å². The van der Waals surface area contributed by atoms with Gasteiger partial charge < -0.3 is 25.0 Å². The molecular weight excluding hydrogens is 506 g/mol. The van der Waals surface area contributed by atoms with Gasteiger partial charge in [-0.15, -0.1) is 0 Å². The van der Waals surface area contributed by atoms with Crippen LogP contribution in [0.2, 0.25) is 0 Å². The van der Waals surface area contributed by atoms with Gasteiger partial charge in [-0.3, -0.25) is 9.59 Å². The lowest BCUT2D eigenvalue weighted by molar-refractivity contribution is -0.143. The molecule has 1 aliphatic rings. The first kappa shape index (κ1) is 28.6. The Morgan fingerprint density at radius 2 is 1.70 bits per heavy atom. The number of ether oxygens (including phenoxy) is 2. The van der Waals surface area contributed by atoms with Crippen LogP contribution in [0.1, 0.15) is 46.0 Å². The molecule has 8 heteroatoms. The van der Waals surface area contributed by atoms with Crippen molar-refractivity contribution in [3.8, 4) is 0 Å². The molecule has 0 atom stereocenters. The van der Waals surface area contributed by atoms with E-state index in [0.29, 0.717) is 41.1 Å². The van der Waals surface area contributed by atoms with E-state index < -0.39 is 5.97 Å². The van der Waals surface area contributed by atoms with Gasteiger partial charge in [0.15, 0.2) is 0 Å². The number of nitrogens with zero attached hydrogens (tertiary/aromatic N) is 1. The van der Waals surface area contributed by atoms with E-state index in [2.05, 4.69) is 27.7 Å². The fourth-order valence-electron chi connectivity index (χ4n) is 4.56. The maximum atomic E-state index is 13.4. The number of fused-ring (bicyclic) bond motifs is 1. The molecule has 0 aromatic heterocycles. The Labute approximate surface area is 235 Å². The molecule has 2 N–H and O–H groups in total. The number of benzene rings is 3. The minimum absolute atomic E-state index is 0.246. The number of likely N-dealkylation sites (N-methyl/N-ethyl adjacent to an activating group) is 1. The van der Waals surface area contributed by atoms with Gasteiger partial charge in [-0.25, -0.2) is 4.79 Å². The minimum atomic E-state index is -0.475. The van der Waals surface area contributed by atoms with Crippen LogP contribution in [0.5, 0.6) is 0 Å². The number of hydrogen-bond acceptors (Lipinski definition) is 7. The summed E-state index contributed by atoms with van der Waals surface area (Å²) in [4.78, 5) is 39.5. The highest BCUT2D eigenvalue weighted by Crippen LogP contribution is 2.38. The molecule has 8 nitrogen and oxygen atoms in total. The number of amides is 1. The number of carbonyl (C=O) groups excluding carboxylic acids is 3. The summed E-state index contributed by atoms with van der Waals surface area (Å²) in [6.45, 7) is 3.08. The van der Waals surface area contributed by atoms with Gasteiger partial charge in [-0.05, 0) is 80.9 Å². The van der Waals surface area contributed by atoms with Crippen LogP contribution in [0.25, 0.3) is 11.3 Å². The predicted molar refractivity (Wildman–Crippen MR) is 157 cm³/mol. The van der Waals surface area contributed by atoms with E-state index in [1.807, 2.05) is 50.5 Å². The maximum Gasteiger partial charge on any atom is 0.337 e. The molecule has 0 aliphatic carbocycles. The Hall–Kier alpha value is -4.43. The summed E-state index contributed by atoms with van der Waals surface area (Å²) >= 11 is 0. The van der Waals surface area contributed by atoms with Crippen LogP contribution in [0, 0.1) is 0 Å². The van der Waals surface area contributed by atoms with E-state index in [1.54, 1.807) is 25.1 Å². The number of nitrogens with one attached hydrogen (secondary N) is 2. The van der Waals surface area contributed by atoms with Crippen molar-refractivity contribution in [2.45, 2.75) is 26.2 Å². The van der Waals surface area contributed by atoms with Crippen LogP contribution in [-0.2, 0) is 31.9 Å². The van der Waals surface area contributed by atoms with E-state index in [1.165, 1.54) is 12.7 Å². The third-order valence-electron chi connectivity index (χ3n) is 6.65. The molecule has 4 rings (SSSR count). The van der Waals surface area contributed by atoms with Crippen LogP contribution >= 0.6 is 0 Å². The number of methoxy groups -OCH3 is 1. The molecule has 0 saturated heterocycles. The summed E-state index contributed by atoms with van der Waals surface area (Å²) in [5.74, 6) is -1.000. The van der Waals surface area contributed by atoms with Crippen LogP contribution in [0.4, 0.5) is 11.4 Å². The van der Waals surface area contributed by atoms with Crippen molar-refractivity contribution in [2.75, 3.05) is 45.0 Å². The third-order valence-corrected chi connectivity index (χ3v) is 6.65. The second-order valence-corrected chi connectivity index (χ2v) is 9.84. The van der Waals surface area contributed by atoms with Gasteiger partial charge in [0.05, 0.1) is 36.2 Å². The molecule has 0 spiro atoms. The fraction of sp³-hybridized carbons (Fsp3) is 0.281. The molecule has 0 unspecified atom stereocenters. The normalized spacial score (nSPS) is 13.5. The number of rotatable bonds is 11. The van der Waals surface area contributed by atoms with E-state index in [9.17, 15) is 14.4 Å². The van der Waals surface area contributed by atoms with E-state index in [-0.39, 0.29) is 18.3 Å². The minimum Gasteiger partial charge on any atom is -0.466 e. The quantitative estimate of drug-likeness (QED) is 0.260. The zero-order chi connectivity index (χ0) is 28.6. The van der Waals surface area contributed by atoms with Gasteiger partial charge in [-0.1, -0.05) is 36.4 Å². The van der Waals surface area contributed by atoms with Gasteiger partial charge in [-0.2, -0.15) is 0 Å². The first-order valence-corrected chi connectivity index (χ1v) is 13.3. The third kappa shape index (κ3) is 6.95. The monoisotopic (exact) mass is 541 g/mol. The van der Waals surface area contributed by atoms with E-state index >= 15 is 0 Å². The molecular formula is C32H35N3O5. The van der Waals surface area contributed by atoms with Crippen molar-refractivity contribution in [3.63, 3.8) is 0 Å². The average Bonchev–Trinajstić information content (AvgIpc) is 3.28. The van der Waals surface area contributed by atoms with Gasteiger partial charge in [0.2, 0.25) is 0 Å². The largest absolute Gasteiger partial charge is 0.466 e. The summed E-state index contributed by atoms with van der Waals surface area (Å²) in [6.07, 6.45) is 1.72. The lowest BCUT2D eigenvalue weighted by Gasteiger charge is -2.16. The van der Waals surface area contributed by atoms with Crippen molar-refractivity contribution >= 4 is 40.5 Å². The van der Waals surface area contributed by atoms with Gasteiger partial charge in [0.1, 0.15) is 0 Å². The Kier molecular flexibility index (Phi) is 9.35. The van der Waals surface area contributed by atoms with Crippen molar-refractivity contribution in [3.05, 3.63) is 94.5 Å². The SMILES string of the molecule is CCOC(=O)CCc1cccc(/C(Nc2ccc(CCN(C)C)cc2)=C2/C(=O)Nc3cc(C(=O)OC)ccc32)c1. The highest BCUT2D eigenvalue weighted by molar-refractivity contribution is 6.37. The molecule has 1 aliphatic heterocycles. The van der Waals surface area contributed by atoms with Crippen LogP contribution in [0.3, 0.4) is 0 Å². The number of carbonyl (C=O) groups is 3. The van der Waals surface area contributed by atoms with Crippen LogP contribution in [0.15, 0.2) is 66.7 Å². The Balaban J connectivity index is 1.74. The molecule has 40 heavy (non-hydrogen) atoms. The number of anilines is 2. The Bertz CT molecular complexity index is 1430. The molecule has 1 amide bonds. The molecule has 3 aromatic rings. The molecule has 0 saturated carbocycles. The number of hydrogen-bond donors (Lipinski definition) is 2. The summed E-state index contributed by atoms with van der Waals surface area (Å²) in [5.41, 5.74) is 6.46. The zero-order valence-electron chi connectivity index (χ0n) is 23.4. The maximum absolute atomic E-state index is 13.4. The summed E-state index contributed by atoms with van der Waals surface area (Å²) in [7, 11) is 5.42. The Morgan fingerprint density at radius 3 is 2.40 bits per heavy atom. The van der Waals surface area contributed by atoms with Gasteiger partial charge in [0, 0.05) is 24.2 Å². The second kappa shape index (κ2) is 13.1. The van der Waals surface area contributed by atoms with E-state index in [4.69, 9.17) is 9.47 Å². The topological polar surface area (TPSA) is 97.0 Å². The lowest BCUT2D eigenvalue weighted by Crippen LogP contribution is -2.15. The van der Waals surface area contributed by atoms with Gasteiger partial charge >= 0.3 is 11.9 Å². The highest BCUT2D eigenvalue weighted by atomic mass is 16.5. The van der Waals surface area contributed by atoms with Crippen molar-refractivity contribution in [2.24, 2.45) is 0 Å². The molecule has 3 aromatic carbocycles. The second-order valence-electron chi connectivity index (χ2n) is 9.84. The molecule has 1 heterocycles. The smallest absolute Gasteiger partial charge is 0.337 e. The average molecular weight is 542 g/mol. The summed E-state index contributed by atoms with van der Waals surface area (Å²) in [5, 5.41) is 6.38. The predicted octanol–water partition coefficient (Wildman–Crippen LogP) is 5.01. The molecule has 0 fully saturated rings. The first-order chi connectivity index (χ1) is 19.3. The first-order valence-electron chi connectivity index (χ1n) is 13.3. The molecule has 0 bridgehead atoms. The molecule has 208 valence electrons. The highest BCUT2D eigenvalue weighted by Gasteiger charge is 2.29. The van der Waals surface area contributed by atoms with Crippen molar-refractivity contribution in [1.82, 2.24) is 4.90 Å². The lowest BCUT2D eigenvalue weighted by atomic mass is 9.97. The van der Waals surface area contributed by atoms with Gasteiger partial charge in [0.25, 0.3) is 5.91 Å². The summed E-state index contributed by atoms with van der Waals surface area (Å²) < 4.78 is 9.92. The summed E-state index contributed by atoms with van der Waals surface area (Å²) in [6, 6.07) is 21.0. The van der Waals surface area contributed by atoms with Crippen LogP contribution < -0.4 is 10.6 Å². The fourth-order valence-corrected chi connectivity index (χ4v) is 4.56. The van der Waals surface area contributed by atoms with E-state index in [0.717, 1.165) is 29.8 Å². The van der Waals surface area contributed by atoms with Crippen molar-refractivity contribution < 1.29 is 23.9 Å².